The SMILES string of the molecule is CCn1cncc1C(F)(F)C(=O)O. The number of carboxylic acid groups (broad SMARTS) is 1. The number of nitrogens with zero attached hydrogens (tertiary/aromatic N) is 2. The van der Waals surface area contributed by atoms with Crippen LogP contribution in [-0.2, 0) is 17.3 Å². The van der Waals surface area contributed by atoms with Crippen molar-refractivity contribution in [3.63, 3.8) is 0 Å². The average Bonchev–Trinajstić information content (AvgIpc) is 2.51. The number of alkyl halides is 2. The lowest BCUT2D eigenvalue weighted by Crippen LogP contribution is -2.28. The summed E-state index contributed by atoms with van der Waals surface area (Å²) in [7, 11) is 0. The molecule has 13 heavy (non-hydrogen) atoms. The van der Waals surface area contributed by atoms with Gasteiger partial charge in [-0.1, -0.05) is 0 Å². The Labute approximate surface area is 72.8 Å². The summed E-state index contributed by atoms with van der Waals surface area (Å²) >= 11 is 0. The Morgan fingerprint density at radius 2 is 2.38 bits per heavy atom. The van der Waals surface area contributed by atoms with Crippen molar-refractivity contribution < 1.29 is 18.7 Å². The van der Waals surface area contributed by atoms with E-state index in [0.29, 0.717) is 0 Å². The Hall–Kier alpha value is -1.46. The van der Waals surface area contributed by atoms with E-state index in [1.807, 2.05) is 0 Å². The Morgan fingerprint density at radius 3 is 2.85 bits per heavy atom. The highest BCUT2D eigenvalue weighted by atomic mass is 19.3. The van der Waals surface area contributed by atoms with Crippen LogP contribution in [-0.4, -0.2) is 20.6 Å². The highest BCUT2D eigenvalue weighted by Crippen LogP contribution is 2.27. The van der Waals surface area contributed by atoms with Gasteiger partial charge in [0.2, 0.25) is 0 Å². The van der Waals surface area contributed by atoms with E-state index in [1.54, 1.807) is 6.92 Å². The molecule has 0 saturated carbocycles. The maximum absolute atomic E-state index is 12.9. The van der Waals surface area contributed by atoms with Crippen LogP contribution in [0.25, 0.3) is 0 Å². The lowest BCUT2D eigenvalue weighted by molar-refractivity contribution is -0.167. The van der Waals surface area contributed by atoms with Crippen LogP contribution in [0.2, 0.25) is 0 Å². The van der Waals surface area contributed by atoms with Gasteiger partial charge in [0.05, 0.1) is 12.5 Å². The van der Waals surface area contributed by atoms with Crippen molar-refractivity contribution in [2.45, 2.75) is 19.4 Å². The number of aromatic nitrogens is 2. The third-order valence-corrected chi connectivity index (χ3v) is 1.64. The highest BCUT2D eigenvalue weighted by Gasteiger charge is 2.43. The van der Waals surface area contributed by atoms with Crippen molar-refractivity contribution in [1.82, 2.24) is 9.55 Å². The largest absolute Gasteiger partial charge is 0.476 e. The molecule has 0 bridgehead atoms. The molecule has 1 heterocycles. The molecule has 1 rings (SSSR count). The van der Waals surface area contributed by atoms with Crippen LogP contribution >= 0.6 is 0 Å². The number of carbonyl (C=O) groups is 1. The minimum atomic E-state index is -3.87. The van der Waals surface area contributed by atoms with Crippen LogP contribution in [0.3, 0.4) is 0 Å². The van der Waals surface area contributed by atoms with E-state index in [9.17, 15) is 13.6 Å². The molecule has 0 spiro atoms. The fourth-order valence-electron chi connectivity index (χ4n) is 0.944. The molecule has 0 atom stereocenters. The Kier molecular flexibility index (Phi) is 2.31. The number of hydrogen-bond donors (Lipinski definition) is 1. The predicted molar refractivity (Wildman–Crippen MR) is 39.4 cm³/mol. The number of imidazole rings is 1. The van der Waals surface area contributed by atoms with E-state index < -0.39 is 17.6 Å². The molecule has 0 radical (unpaired) electrons. The first-order valence-electron chi connectivity index (χ1n) is 3.62. The van der Waals surface area contributed by atoms with Gasteiger partial charge < -0.3 is 9.67 Å². The molecule has 1 aromatic rings. The van der Waals surface area contributed by atoms with Gasteiger partial charge in [-0.05, 0) is 6.92 Å². The fourth-order valence-corrected chi connectivity index (χ4v) is 0.944. The van der Waals surface area contributed by atoms with Crippen molar-refractivity contribution in [2.75, 3.05) is 0 Å². The van der Waals surface area contributed by atoms with Gasteiger partial charge in [-0.2, -0.15) is 8.78 Å². The molecule has 0 unspecified atom stereocenters. The Balaban J connectivity index is 3.13. The summed E-state index contributed by atoms with van der Waals surface area (Å²) < 4.78 is 26.9. The van der Waals surface area contributed by atoms with Gasteiger partial charge in [-0.25, -0.2) is 9.78 Å². The molecule has 0 aliphatic carbocycles. The molecule has 1 N–H and O–H groups in total. The predicted octanol–water partition coefficient (Wildman–Crippen LogP) is 1.08. The van der Waals surface area contributed by atoms with Gasteiger partial charge in [0.25, 0.3) is 0 Å². The van der Waals surface area contributed by atoms with Crippen LogP contribution in [0.4, 0.5) is 8.78 Å². The molecule has 6 heteroatoms. The normalized spacial score (nSPS) is 11.6. The standard InChI is InChI=1S/C7H8F2N2O2/c1-2-11-4-10-3-5(11)7(8,9)6(12)13/h3-4H,2H2,1H3,(H,12,13). The van der Waals surface area contributed by atoms with Crippen LogP contribution in [0.5, 0.6) is 0 Å². The fraction of sp³-hybridized carbons (Fsp3) is 0.429. The molecule has 1 aromatic heterocycles. The minimum Gasteiger partial charge on any atom is -0.476 e. The monoisotopic (exact) mass is 190 g/mol. The molecule has 0 aromatic carbocycles. The second kappa shape index (κ2) is 3.12. The zero-order valence-electron chi connectivity index (χ0n) is 6.87. The van der Waals surface area contributed by atoms with Crippen molar-refractivity contribution in [1.29, 1.82) is 0 Å². The third-order valence-electron chi connectivity index (χ3n) is 1.64. The van der Waals surface area contributed by atoms with E-state index in [1.165, 1.54) is 6.33 Å². The summed E-state index contributed by atoms with van der Waals surface area (Å²) in [6, 6.07) is 0. The lowest BCUT2D eigenvalue weighted by Gasteiger charge is -2.12. The highest BCUT2D eigenvalue weighted by molar-refractivity contribution is 5.76. The van der Waals surface area contributed by atoms with Crippen molar-refractivity contribution in [2.24, 2.45) is 0 Å². The molecular weight excluding hydrogens is 182 g/mol. The van der Waals surface area contributed by atoms with E-state index in [2.05, 4.69) is 4.98 Å². The zero-order chi connectivity index (χ0) is 10.1. The second-order valence-electron chi connectivity index (χ2n) is 2.44. The van der Waals surface area contributed by atoms with Gasteiger partial charge in [0.1, 0.15) is 5.69 Å². The topological polar surface area (TPSA) is 55.1 Å². The Bertz CT molecular complexity index is 322. The van der Waals surface area contributed by atoms with E-state index in [-0.39, 0.29) is 6.54 Å². The van der Waals surface area contributed by atoms with Crippen molar-refractivity contribution in [3.05, 3.63) is 18.2 Å². The average molecular weight is 190 g/mol. The molecule has 0 fully saturated rings. The number of hydrogen-bond acceptors (Lipinski definition) is 2. The van der Waals surface area contributed by atoms with Gasteiger partial charge in [-0.3, -0.25) is 0 Å². The van der Waals surface area contributed by atoms with Crippen LogP contribution in [0.15, 0.2) is 12.5 Å². The zero-order valence-corrected chi connectivity index (χ0v) is 6.87. The number of rotatable bonds is 3. The van der Waals surface area contributed by atoms with Gasteiger partial charge in [0.15, 0.2) is 0 Å². The number of aliphatic carboxylic acids is 1. The minimum absolute atomic E-state index is 0.262. The molecule has 72 valence electrons. The van der Waals surface area contributed by atoms with Gasteiger partial charge in [0, 0.05) is 6.54 Å². The van der Waals surface area contributed by atoms with Crippen LogP contribution in [0, 0.1) is 0 Å². The molecule has 0 amide bonds. The van der Waals surface area contributed by atoms with Crippen molar-refractivity contribution >= 4 is 5.97 Å². The molecule has 0 saturated heterocycles. The third kappa shape index (κ3) is 1.51. The summed E-state index contributed by atoms with van der Waals surface area (Å²) in [5.41, 5.74) is -0.595. The van der Waals surface area contributed by atoms with Crippen molar-refractivity contribution in [3.8, 4) is 0 Å². The summed E-state index contributed by atoms with van der Waals surface area (Å²) in [6.45, 7) is 1.89. The van der Waals surface area contributed by atoms with E-state index in [4.69, 9.17) is 5.11 Å². The molecule has 0 aliphatic heterocycles. The number of halogens is 2. The van der Waals surface area contributed by atoms with Gasteiger partial charge >= 0.3 is 11.9 Å². The van der Waals surface area contributed by atoms with Crippen LogP contribution in [0.1, 0.15) is 12.6 Å². The summed E-state index contributed by atoms with van der Waals surface area (Å²) in [5.74, 6) is -6.03. The lowest BCUT2D eigenvalue weighted by atomic mass is 10.2. The van der Waals surface area contributed by atoms with E-state index in [0.717, 1.165) is 10.8 Å². The first-order valence-corrected chi connectivity index (χ1v) is 3.62. The summed E-state index contributed by atoms with van der Waals surface area (Å²) in [5, 5.41) is 8.24. The Morgan fingerprint density at radius 1 is 1.77 bits per heavy atom. The number of carboxylic acids is 1. The van der Waals surface area contributed by atoms with Gasteiger partial charge in [-0.15, -0.1) is 0 Å². The van der Waals surface area contributed by atoms with E-state index >= 15 is 0 Å². The van der Waals surface area contributed by atoms with Crippen LogP contribution < -0.4 is 0 Å². The quantitative estimate of drug-likeness (QED) is 0.775. The smallest absolute Gasteiger partial charge is 0.383 e. The summed E-state index contributed by atoms with van der Waals surface area (Å²) in [4.78, 5) is 13.7. The first kappa shape index (κ1) is 9.63. The summed E-state index contributed by atoms with van der Waals surface area (Å²) in [6.07, 6.45) is 2.03. The molecule has 0 aliphatic rings. The molecule has 4 nitrogen and oxygen atoms in total. The molecular formula is C7H8F2N2O2. The number of aryl methyl sites for hydroxylation is 1. The maximum atomic E-state index is 12.9. The second-order valence-corrected chi connectivity index (χ2v) is 2.44. The first-order chi connectivity index (χ1) is 6.00. The maximum Gasteiger partial charge on any atom is 0.383 e.